The Kier molecular flexibility index (Phi) is 19.2. The summed E-state index contributed by atoms with van der Waals surface area (Å²) in [4.78, 5) is 88.9. The van der Waals surface area contributed by atoms with Gasteiger partial charge in [-0.1, -0.05) is 24.6 Å². The van der Waals surface area contributed by atoms with E-state index in [1.807, 2.05) is 61.0 Å². The summed E-state index contributed by atoms with van der Waals surface area (Å²) < 4.78 is 40.2. The molecule has 2 unspecified atom stereocenters. The lowest BCUT2D eigenvalue weighted by molar-refractivity contribution is -0.136. The molecule has 6 amide bonds. The van der Waals surface area contributed by atoms with Gasteiger partial charge in [-0.05, 0) is 93.1 Å². The number of anilines is 2. The molecule has 3 aliphatic rings. The molecule has 2 saturated heterocycles. The second kappa shape index (κ2) is 26.7. The van der Waals surface area contributed by atoms with Gasteiger partial charge in [-0.25, -0.2) is 14.4 Å². The zero-order valence-electron chi connectivity index (χ0n) is 42.8. The molecule has 3 N–H and O–H groups in total. The fourth-order valence-corrected chi connectivity index (χ4v) is 9.14. The van der Waals surface area contributed by atoms with Crippen molar-refractivity contribution in [2.24, 2.45) is 7.05 Å². The van der Waals surface area contributed by atoms with E-state index in [4.69, 9.17) is 18.9 Å². The smallest absolute Gasteiger partial charge is 0.262 e. The predicted octanol–water partition coefficient (Wildman–Crippen LogP) is 5.03. The van der Waals surface area contributed by atoms with Crippen LogP contribution in [0.2, 0.25) is 0 Å². The van der Waals surface area contributed by atoms with Gasteiger partial charge >= 0.3 is 0 Å². The molecule has 76 heavy (non-hydrogen) atoms. The van der Waals surface area contributed by atoms with Gasteiger partial charge in [0.2, 0.25) is 17.7 Å². The van der Waals surface area contributed by atoms with Crippen LogP contribution in [0, 0.1) is 5.82 Å². The molecular formula is C54H64FN11O10. The first-order valence-corrected chi connectivity index (χ1v) is 25.8. The second-order valence-electron chi connectivity index (χ2n) is 18.7. The van der Waals surface area contributed by atoms with Crippen molar-refractivity contribution in [2.75, 3.05) is 82.6 Å². The monoisotopic (exact) mass is 1050 g/mol. The molecule has 0 aliphatic carbocycles. The van der Waals surface area contributed by atoms with E-state index in [-0.39, 0.29) is 47.5 Å². The summed E-state index contributed by atoms with van der Waals surface area (Å²) in [5, 5.41) is 17.1. The quantitative estimate of drug-likeness (QED) is 0.0461. The SMILES string of the molecule is CC(NC(=O)c1cccc(NCc2nnc(-c3ccncn3)n2C)c1)c1cccc(OCCCCCCOCCOCCOCCCC(=O)N2CCN(c3cc4c(cc3F)C(=O)N(C3CCC(=O)NC3=O)C4=O)CC2)c1. The van der Waals surface area contributed by atoms with Gasteiger partial charge in [0.15, 0.2) is 11.6 Å². The predicted molar refractivity (Wildman–Crippen MR) is 276 cm³/mol. The molecule has 2 fully saturated rings. The van der Waals surface area contributed by atoms with Crippen molar-refractivity contribution in [3.63, 3.8) is 0 Å². The summed E-state index contributed by atoms with van der Waals surface area (Å²) in [6.07, 6.45) is 7.83. The lowest BCUT2D eigenvalue weighted by Crippen LogP contribution is -2.54. The Labute approximate surface area is 439 Å². The summed E-state index contributed by atoms with van der Waals surface area (Å²) in [5.41, 5.74) is 2.95. The van der Waals surface area contributed by atoms with Crippen molar-refractivity contribution >= 4 is 46.8 Å². The molecule has 21 nitrogen and oxygen atoms in total. The standard InChI is InChI=1S/C54H64FN11O10/c1-36(59-51(69)38-11-7-12-39(30-38)57-34-47-61-62-50(63(47)2)44-17-18-56-35-58-44)37-10-8-13-40(31-37)76-25-6-4-3-5-23-73-26-28-75-29-27-74-24-9-14-49(68)65-21-19-64(20-22-65)46-33-42-41(32-43(46)55)53(71)66(54(42)72)45-15-16-48(67)60-52(45)70/h7-8,10-13,17-18,30-33,35-36,45,57H,3-6,9,14-16,19-29,34H2,1-2H3,(H,59,69)(H,60,67,70). The molecule has 0 spiro atoms. The Morgan fingerprint density at radius 3 is 2.25 bits per heavy atom. The van der Waals surface area contributed by atoms with E-state index in [0.29, 0.717) is 115 Å². The van der Waals surface area contributed by atoms with E-state index in [2.05, 4.69) is 36.1 Å². The van der Waals surface area contributed by atoms with E-state index in [9.17, 15) is 28.8 Å². The Morgan fingerprint density at radius 1 is 0.803 bits per heavy atom. The number of nitrogens with zero attached hydrogens (tertiary/aromatic N) is 8. The fourth-order valence-electron chi connectivity index (χ4n) is 9.14. The molecule has 402 valence electrons. The minimum absolute atomic E-state index is 0.00360. The molecule has 22 heteroatoms. The van der Waals surface area contributed by atoms with Gasteiger partial charge in [0, 0.05) is 76.7 Å². The average molecular weight is 1050 g/mol. The first-order valence-electron chi connectivity index (χ1n) is 25.8. The minimum atomic E-state index is -1.14. The van der Waals surface area contributed by atoms with Crippen LogP contribution in [0.3, 0.4) is 0 Å². The Bertz CT molecular complexity index is 2840. The number of fused-ring (bicyclic) bond motifs is 1. The van der Waals surface area contributed by atoms with Gasteiger partial charge in [0.25, 0.3) is 17.7 Å². The molecule has 0 bridgehead atoms. The summed E-state index contributed by atoms with van der Waals surface area (Å²) in [6.45, 7) is 7.13. The van der Waals surface area contributed by atoms with Crippen molar-refractivity contribution in [3.8, 4) is 17.3 Å². The maximum Gasteiger partial charge on any atom is 0.262 e. The number of rotatable bonds is 27. The fraction of sp³-hybridized carbons (Fsp3) is 0.444. The van der Waals surface area contributed by atoms with E-state index >= 15 is 4.39 Å². The van der Waals surface area contributed by atoms with E-state index < -0.39 is 35.5 Å². The Balaban J connectivity index is 0.611. The van der Waals surface area contributed by atoms with E-state index in [0.717, 1.165) is 53.6 Å². The molecule has 0 radical (unpaired) electrons. The molecular weight excluding hydrogens is 982 g/mol. The molecule has 2 atom stereocenters. The highest BCUT2D eigenvalue weighted by atomic mass is 19.1. The maximum atomic E-state index is 15.3. The topological polar surface area (TPSA) is 242 Å². The van der Waals surface area contributed by atoms with Gasteiger partial charge in [-0.2, -0.15) is 0 Å². The largest absolute Gasteiger partial charge is 0.494 e. The van der Waals surface area contributed by atoms with Crippen molar-refractivity contribution in [3.05, 3.63) is 113 Å². The number of carbonyl (C=O) groups excluding carboxylic acids is 6. The van der Waals surface area contributed by atoms with Crippen molar-refractivity contribution in [2.45, 2.75) is 76.9 Å². The average Bonchev–Trinajstić information content (AvgIpc) is 3.92. The summed E-state index contributed by atoms with van der Waals surface area (Å²) in [6, 6.07) is 17.9. The van der Waals surface area contributed by atoms with Crippen LogP contribution in [0.1, 0.15) is 107 Å². The number of carbonyl (C=O) groups is 6. The zero-order chi connectivity index (χ0) is 53.4. The summed E-state index contributed by atoms with van der Waals surface area (Å²) in [7, 11) is 1.88. The molecule has 3 aliphatic heterocycles. The third-order valence-corrected chi connectivity index (χ3v) is 13.4. The normalized spacial score (nSPS) is 15.9. The van der Waals surface area contributed by atoms with Crippen LogP contribution < -0.4 is 25.6 Å². The van der Waals surface area contributed by atoms with E-state index in [1.165, 1.54) is 12.4 Å². The third-order valence-electron chi connectivity index (χ3n) is 13.4. The number of benzene rings is 3. The molecule has 2 aromatic heterocycles. The lowest BCUT2D eigenvalue weighted by atomic mass is 10.0. The minimum Gasteiger partial charge on any atom is -0.494 e. The van der Waals surface area contributed by atoms with Gasteiger partial charge in [-0.3, -0.25) is 39.0 Å². The van der Waals surface area contributed by atoms with Crippen molar-refractivity contribution in [1.29, 1.82) is 0 Å². The number of aromatic nitrogens is 5. The van der Waals surface area contributed by atoms with Crippen LogP contribution in [0.25, 0.3) is 11.5 Å². The number of halogens is 1. The summed E-state index contributed by atoms with van der Waals surface area (Å²) in [5.74, 6) is -1.47. The second-order valence-corrected chi connectivity index (χ2v) is 18.7. The van der Waals surface area contributed by atoms with Gasteiger partial charge in [0.1, 0.15) is 29.6 Å². The number of nitrogens with one attached hydrogen (secondary N) is 3. The zero-order valence-corrected chi connectivity index (χ0v) is 42.8. The maximum absolute atomic E-state index is 15.3. The van der Waals surface area contributed by atoms with Gasteiger partial charge in [0.05, 0.1) is 62.4 Å². The van der Waals surface area contributed by atoms with Crippen LogP contribution in [0.4, 0.5) is 15.8 Å². The third kappa shape index (κ3) is 14.2. The van der Waals surface area contributed by atoms with Gasteiger partial charge < -0.3 is 43.9 Å². The number of amides is 6. The Morgan fingerprint density at radius 2 is 1.51 bits per heavy atom. The first kappa shape index (κ1) is 54.6. The molecule has 8 rings (SSSR count). The number of piperidine rings is 1. The first-order chi connectivity index (χ1) is 36.9. The highest BCUT2D eigenvalue weighted by molar-refractivity contribution is 6.23. The Hall–Kier alpha value is -7.69. The van der Waals surface area contributed by atoms with Crippen LogP contribution in [-0.4, -0.2) is 148 Å². The number of hydrogen-bond acceptors (Lipinski definition) is 16. The molecule has 3 aromatic carbocycles. The summed E-state index contributed by atoms with van der Waals surface area (Å²) >= 11 is 0. The molecule has 5 aromatic rings. The highest BCUT2D eigenvalue weighted by Crippen LogP contribution is 2.33. The van der Waals surface area contributed by atoms with Crippen LogP contribution in [0.5, 0.6) is 5.75 Å². The number of ether oxygens (including phenoxy) is 4. The van der Waals surface area contributed by atoms with Crippen LogP contribution in [0.15, 0.2) is 79.3 Å². The number of unbranched alkanes of at least 4 members (excludes halogenated alkanes) is 3. The number of imide groups is 2. The highest BCUT2D eigenvalue weighted by Gasteiger charge is 2.45. The lowest BCUT2D eigenvalue weighted by Gasteiger charge is -2.36. The van der Waals surface area contributed by atoms with E-state index in [1.54, 1.807) is 28.1 Å². The van der Waals surface area contributed by atoms with Crippen molar-refractivity contribution < 1.29 is 52.1 Å². The van der Waals surface area contributed by atoms with Crippen LogP contribution in [-0.2, 0) is 42.2 Å². The van der Waals surface area contributed by atoms with Crippen LogP contribution >= 0.6 is 0 Å². The number of piperazine rings is 1. The number of hydrogen-bond donors (Lipinski definition) is 3. The molecule has 5 heterocycles. The van der Waals surface area contributed by atoms with Crippen molar-refractivity contribution in [1.82, 2.24) is 45.2 Å². The van der Waals surface area contributed by atoms with Gasteiger partial charge in [-0.15, -0.1) is 10.2 Å². The molecule has 0 saturated carbocycles.